The quantitative estimate of drug-likeness (QED) is 0.352. The van der Waals surface area contributed by atoms with Crippen LogP contribution in [-0.4, -0.2) is 57.1 Å². The van der Waals surface area contributed by atoms with Crippen LogP contribution in [0.4, 0.5) is 4.39 Å². The van der Waals surface area contributed by atoms with Crippen LogP contribution in [0.1, 0.15) is 12.8 Å². The van der Waals surface area contributed by atoms with Gasteiger partial charge in [-0.05, 0) is 19.4 Å². The van der Waals surface area contributed by atoms with Gasteiger partial charge in [-0.25, -0.2) is 0 Å². The van der Waals surface area contributed by atoms with Crippen LogP contribution in [-0.2, 0) is 9.53 Å². The van der Waals surface area contributed by atoms with Crippen molar-refractivity contribution in [3.63, 3.8) is 0 Å². The molecule has 0 aromatic rings. The van der Waals surface area contributed by atoms with Crippen LogP contribution in [0.5, 0.6) is 0 Å². The van der Waals surface area contributed by atoms with Crippen LogP contribution in [0.15, 0.2) is 0 Å². The highest BCUT2D eigenvalue weighted by atomic mass is 35.5. The van der Waals surface area contributed by atoms with Gasteiger partial charge in [-0.3, -0.25) is 9.28 Å². The van der Waals surface area contributed by atoms with E-state index in [0.29, 0.717) is 6.54 Å². The molecule has 0 aromatic carbocycles. The van der Waals surface area contributed by atoms with Crippen molar-refractivity contribution >= 4 is 18.4 Å². The van der Waals surface area contributed by atoms with Crippen LogP contribution in [0, 0.1) is 0 Å². The van der Waals surface area contributed by atoms with Gasteiger partial charge in [-0.2, -0.15) is 4.39 Å². The Morgan fingerprint density at radius 2 is 2.18 bits per heavy atom. The van der Waals surface area contributed by atoms with Crippen molar-refractivity contribution in [2.75, 3.05) is 40.6 Å². The number of hydrogen-bond acceptors (Lipinski definition) is 3. The molecular weight excluding hydrogens is 270 g/mol. The summed E-state index contributed by atoms with van der Waals surface area (Å²) in [5, 5.41) is 3.06. The van der Waals surface area contributed by atoms with E-state index in [4.69, 9.17) is 4.74 Å². The lowest BCUT2D eigenvalue weighted by molar-refractivity contribution is -0.902. The molecule has 1 N–H and O–H groups in total. The van der Waals surface area contributed by atoms with E-state index in [-0.39, 0.29) is 47.9 Å². The van der Waals surface area contributed by atoms with E-state index in [1.54, 1.807) is 14.1 Å². The summed E-state index contributed by atoms with van der Waals surface area (Å²) in [6, 6.07) is -0.147. The lowest BCUT2D eigenvalue weighted by Gasteiger charge is -2.25. The summed E-state index contributed by atoms with van der Waals surface area (Å²) < 4.78 is 17.7. The average molecular weight is 291 g/mol. The van der Waals surface area contributed by atoms with Crippen LogP contribution >= 0.6 is 12.4 Å². The van der Waals surface area contributed by atoms with Gasteiger partial charge in [-0.1, -0.05) is 0 Å². The lowest BCUT2D eigenvalue weighted by Crippen LogP contribution is -3.00. The average Bonchev–Trinajstić information content (AvgIpc) is 2.70. The summed E-state index contributed by atoms with van der Waals surface area (Å²) in [4.78, 5) is 11.4. The van der Waals surface area contributed by atoms with E-state index in [0.717, 1.165) is 19.4 Å². The van der Waals surface area contributed by atoms with E-state index >= 15 is 0 Å². The third kappa shape index (κ3) is 7.03. The van der Waals surface area contributed by atoms with Gasteiger partial charge < -0.3 is 22.5 Å². The van der Waals surface area contributed by atoms with E-state index in [1.807, 2.05) is 0 Å². The smallest absolute Gasteiger partial charge is 0.323 e. The van der Waals surface area contributed by atoms with Gasteiger partial charge in [0.05, 0.1) is 14.1 Å². The topological polar surface area (TPSA) is 38.3 Å². The number of quaternary nitrogens is 1. The normalized spacial score (nSPS) is 19.1. The molecule has 7 heteroatoms. The third-order valence-corrected chi connectivity index (χ3v) is 2.61. The predicted octanol–water partition coefficient (Wildman–Crippen LogP) is -2.29. The molecule has 17 heavy (non-hydrogen) atoms. The second kappa shape index (κ2) is 8.91. The molecule has 0 aliphatic carbocycles. The number of nitrogens with one attached hydrogen (secondary N) is 1. The fraction of sp³-hybridized carbons (Fsp3) is 0.900. The zero-order chi connectivity index (χ0) is 11.3. The first-order valence-electron chi connectivity index (χ1n) is 5.33. The first kappa shape index (κ1) is 19.2. The fourth-order valence-electron chi connectivity index (χ4n) is 1.44. The molecule has 104 valence electrons. The molecule has 0 saturated carbocycles. The second-order valence-corrected chi connectivity index (χ2v) is 4.60. The Hall–Kier alpha value is -0.100. The highest BCUT2D eigenvalue weighted by Crippen LogP contribution is 2.06. The maximum Gasteiger partial charge on any atom is 0.323 e. The molecule has 1 aliphatic rings. The van der Waals surface area contributed by atoms with Crippen molar-refractivity contribution in [3.8, 4) is 0 Å². The van der Waals surface area contributed by atoms with Crippen molar-refractivity contribution in [3.05, 3.63) is 0 Å². The van der Waals surface area contributed by atoms with Gasteiger partial charge in [0.15, 0.2) is 0 Å². The van der Waals surface area contributed by atoms with Crippen molar-refractivity contribution in [1.29, 1.82) is 0 Å². The fourth-order valence-corrected chi connectivity index (χ4v) is 1.44. The Morgan fingerprint density at radius 1 is 1.53 bits per heavy atom. The van der Waals surface area contributed by atoms with Crippen LogP contribution in [0.3, 0.4) is 0 Å². The number of rotatable bonds is 5. The number of esters is 1. The summed E-state index contributed by atoms with van der Waals surface area (Å²) in [6.45, 7) is 1.23. The lowest BCUT2D eigenvalue weighted by atomic mass is 10.2. The standard InChI is InChI=1S/C10H20FN2O2.2ClH/c1-13(2,8-11)6-7-15-10(14)9-4-3-5-12-9;;/h9,12H,3-8H2,1-2H3;2*1H/q+1;;/p-1/t9-;;/m0../s1. The summed E-state index contributed by atoms with van der Waals surface area (Å²) in [6.07, 6.45) is 1.87. The maximum atomic E-state index is 12.4. The molecule has 1 fully saturated rings. The molecule has 4 nitrogen and oxygen atoms in total. The minimum absolute atomic E-state index is 0. The third-order valence-electron chi connectivity index (χ3n) is 2.61. The van der Waals surface area contributed by atoms with Crippen molar-refractivity contribution in [1.82, 2.24) is 5.32 Å². The number of ether oxygens (including phenoxy) is 1. The molecule has 1 saturated heterocycles. The van der Waals surface area contributed by atoms with Crippen molar-refractivity contribution < 1.29 is 30.8 Å². The number of halogens is 3. The summed E-state index contributed by atoms with van der Waals surface area (Å²) in [5.41, 5.74) is 0. The Morgan fingerprint density at radius 3 is 2.65 bits per heavy atom. The molecule has 0 radical (unpaired) electrons. The van der Waals surface area contributed by atoms with Gasteiger partial charge in [0.25, 0.3) is 0 Å². The number of alkyl halides is 1. The van der Waals surface area contributed by atoms with Gasteiger partial charge in [0.1, 0.15) is 19.2 Å². The molecule has 0 amide bonds. The van der Waals surface area contributed by atoms with Crippen LogP contribution < -0.4 is 17.7 Å². The van der Waals surface area contributed by atoms with E-state index in [1.165, 1.54) is 0 Å². The van der Waals surface area contributed by atoms with Gasteiger partial charge in [-0.15, -0.1) is 12.4 Å². The molecular formula is C10H21Cl2FN2O2. The highest BCUT2D eigenvalue weighted by Gasteiger charge is 2.24. The maximum absolute atomic E-state index is 12.4. The Bertz CT molecular complexity index is 224. The van der Waals surface area contributed by atoms with Crippen LogP contribution in [0.2, 0.25) is 0 Å². The zero-order valence-electron chi connectivity index (χ0n) is 10.2. The number of likely N-dealkylation sites (N-methyl/N-ethyl adjacent to an activating group) is 1. The Labute approximate surface area is 114 Å². The SMILES string of the molecule is C[N+](C)(CF)CCOC(=O)[C@@H]1CCCN1.Cl.[Cl-]. The molecule has 1 heterocycles. The second-order valence-electron chi connectivity index (χ2n) is 4.60. The first-order valence-corrected chi connectivity index (χ1v) is 5.33. The molecule has 0 unspecified atom stereocenters. The molecule has 1 aliphatic heterocycles. The minimum atomic E-state index is -0.445. The molecule has 1 atom stereocenters. The molecule has 1 rings (SSSR count). The van der Waals surface area contributed by atoms with Gasteiger partial charge in [0.2, 0.25) is 6.80 Å². The number of carbonyl (C=O) groups is 1. The first-order chi connectivity index (χ1) is 7.05. The Balaban J connectivity index is 0. The summed E-state index contributed by atoms with van der Waals surface area (Å²) in [5.74, 6) is -0.202. The van der Waals surface area contributed by atoms with Crippen molar-refractivity contribution in [2.24, 2.45) is 0 Å². The van der Waals surface area contributed by atoms with E-state index in [9.17, 15) is 9.18 Å². The number of nitrogens with zero attached hydrogens (tertiary/aromatic N) is 1. The number of hydrogen-bond donors (Lipinski definition) is 1. The van der Waals surface area contributed by atoms with Gasteiger partial charge >= 0.3 is 5.97 Å². The predicted molar refractivity (Wildman–Crippen MR) is 62.2 cm³/mol. The zero-order valence-corrected chi connectivity index (χ0v) is 11.8. The monoisotopic (exact) mass is 290 g/mol. The summed E-state index contributed by atoms with van der Waals surface area (Å²) >= 11 is 0. The van der Waals surface area contributed by atoms with E-state index < -0.39 is 6.80 Å². The van der Waals surface area contributed by atoms with Crippen molar-refractivity contribution in [2.45, 2.75) is 18.9 Å². The van der Waals surface area contributed by atoms with Crippen LogP contribution in [0.25, 0.3) is 0 Å². The minimum Gasteiger partial charge on any atom is -1.00 e. The number of carbonyl (C=O) groups excluding carboxylic acids is 1. The highest BCUT2D eigenvalue weighted by molar-refractivity contribution is 5.85. The molecule has 0 spiro atoms. The summed E-state index contributed by atoms with van der Waals surface area (Å²) in [7, 11) is 3.53. The van der Waals surface area contributed by atoms with Gasteiger partial charge in [0, 0.05) is 0 Å². The van der Waals surface area contributed by atoms with E-state index in [2.05, 4.69) is 5.32 Å². The molecule has 0 aromatic heterocycles. The Kier molecular flexibility index (Phi) is 10.1. The largest absolute Gasteiger partial charge is 1.00 e. The molecule has 0 bridgehead atoms.